The minimum Gasteiger partial charge on any atom is -0.321 e. The van der Waals surface area contributed by atoms with Crippen LogP contribution in [0.2, 0.25) is 0 Å². The smallest absolute Gasteiger partial charge is 0.0465 e. The summed E-state index contributed by atoms with van der Waals surface area (Å²) in [7, 11) is 0. The Bertz CT molecular complexity index is 343. The second-order valence-corrected chi connectivity index (χ2v) is 5.92. The largest absolute Gasteiger partial charge is 0.321 e. The molecule has 2 fully saturated rings. The van der Waals surface area contributed by atoms with Crippen LogP contribution in [0.4, 0.5) is 0 Å². The molecule has 2 aliphatic rings. The van der Waals surface area contributed by atoms with Crippen molar-refractivity contribution in [3.63, 3.8) is 0 Å². The zero-order valence-corrected chi connectivity index (χ0v) is 11.1. The molecule has 2 saturated carbocycles. The molecule has 0 amide bonds. The fourth-order valence-corrected chi connectivity index (χ4v) is 3.24. The molecule has 0 atom stereocenters. The van der Waals surface area contributed by atoms with Gasteiger partial charge in [-0.1, -0.05) is 48.6 Å². The van der Waals surface area contributed by atoms with E-state index in [1.807, 2.05) is 0 Å². The third-order valence-electron chi connectivity index (χ3n) is 4.52. The molecule has 0 aromatic carbocycles. The van der Waals surface area contributed by atoms with Crippen LogP contribution in [0.15, 0.2) is 48.6 Å². The Labute approximate surface area is 110 Å². The van der Waals surface area contributed by atoms with Crippen LogP contribution >= 0.6 is 0 Å². The first-order valence-electron chi connectivity index (χ1n) is 6.62. The summed E-state index contributed by atoms with van der Waals surface area (Å²) >= 11 is 0. The zero-order valence-electron chi connectivity index (χ0n) is 11.1. The fraction of sp³-hybridized carbons (Fsp3) is 0.500. The maximum atomic E-state index is 6.04. The van der Waals surface area contributed by atoms with Crippen LogP contribution in [0.1, 0.15) is 25.7 Å². The van der Waals surface area contributed by atoms with E-state index in [1.165, 1.54) is 0 Å². The topological polar surface area (TPSA) is 52.0 Å². The Morgan fingerprint density at radius 1 is 0.611 bits per heavy atom. The first kappa shape index (κ1) is 13.3. The van der Waals surface area contributed by atoms with Gasteiger partial charge in [0.25, 0.3) is 0 Å². The maximum Gasteiger partial charge on any atom is 0.0465 e. The van der Waals surface area contributed by atoms with Gasteiger partial charge in [0.2, 0.25) is 0 Å². The van der Waals surface area contributed by atoms with Crippen LogP contribution in [0.3, 0.4) is 0 Å². The molecule has 0 spiro atoms. The SMILES string of the molecule is C=C1CC(C2CC(=C)C(N)C(=C)C2)CC(=C)C1N. The molecule has 0 aromatic heterocycles. The molecular weight excluding hydrogens is 220 g/mol. The fourth-order valence-electron chi connectivity index (χ4n) is 3.24. The van der Waals surface area contributed by atoms with Crippen molar-refractivity contribution in [1.29, 1.82) is 0 Å². The molecule has 18 heavy (non-hydrogen) atoms. The standard InChI is InChI=1S/C16H24N2/c1-9-5-13(6-10(2)15(9)17)14-7-11(3)16(18)12(4)8-14/h13-16H,1-8,17-18H2. The average molecular weight is 244 g/mol. The zero-order chi connectivity index (χ0) is 13.4. The Kier molecular flexibility index (Phi) is 3.60. The predicted molar refractivity (Wildman–Crippen MR) is 78.0 cm³/mol. The first-order chi connectivity index (χ1) is 8.40. The Balaban J connectivity index is 2.09. The third-order valence-corrected chi connectivity index (χ3v) is 4.52. The van der Waals surface area contributed by atoms with Crippen molar-refractivity contribution < 1.29 is 0 Å². The van der Waals surface area contributed by atoms with Gasteiger partial charge in [-0.3, -0.25) is 0 Å². The van der Waals surface area contributed by atoms with E-state index in [0.29, 0.717) is 11.8 Å². The highest BCUT2D eigenvalue weighted by atomic mass is 14.7. The van der Waals surface area contributed by atoms with E-state index in [4.69, 9.17) is 11.5 Å². The minimum absolute atomic E-state index is 0.0153. The van der Waals surface area contributed by atoms with Gasteiger partial charge in [0.1, 0.15) is 0 Å². The molecular formula is C16H24N2. The Morgan fingerprint density at radius 2 is 0.833 bits per heavy atom. The lowest BCUT2D eigenvalue weighted by atomic mass is 9.67. The predicted octanol–water partition coefficient (Wildman–Crippen LogP) is 2.69. The molecule has 98 valence electrons. The number of nitrogens with two attached hydrogens (primary N) is 2. The van der Waals surface area contributed by atoms with Gasteiger partial charge in [-0.05, 0) is 37.5 Å². The van der Waals surface area contributed by atoms with Crippen molar-refractivity contribution in [2.24, 2.45) is 23.3 Å². The highest BCUT2D eigenvalue weighted by Gasteiger charge is 2.34. The van der Waals surface area contributed by atoms with E-state index in [-0.39, 0.29) is 12.1 Å². The molecule has 2 aliphatic carbocycles. The van der Waals surface area contributed by atoms with Crippen LogP contribution < -0.4 is 11.5 Å². The lowest BCUT2D eigenvalue weighted by Gasteiger charge is -2.40. The lowest BCUT2D eigenvalue weighted by molar-refractivity contribution is 0.282. The molecule has 0 radical (unpaired) electrons. The molecule has 0 saturated heterocycles. The van der Waals surface area contributed by atoms with Crippen molar-refractivity contribution in [1.82, 2.24) is 0 Å². The van der Waals surface area contributed by atoms with Gasteiger partial charge >= 0.3 is 0 Å². The monoisotopic (exact) mass is 244 g/mol. The van der Waals surface area contributed by atoms with Crippen molar-refractivity contribution in [3.05, 3.63) is 48.6 Å². The van der Waals surface area contributed by atoms with Crippen molar-refractivity contribution in [3.8, 4) is 0 Å². The number of hydrogen-bond acceptors (Lipinski definition) is 2. The normalized spacial score (nSPS) is 38.1. The Morgan fingerprint density at radius 3 is 1.06 bits per heavy atom. The van der Waals surface area contributed by atoms with E-state index < -0.39 is 0 Å². The highest BCUT2D eigenvalue weighted by Crippen LogP contribution is 2.42. The molecule has 2 heteroatoms. The van der Waals surface area contributed by atoms with Crippen molar-refractivity contribution in [2.75, 3.05) is 0 Å². The van der Waals surface area contributed by atoms with Crippen molar-refractivity contribution >= 4 is 0 Å². The molecule has 0 unspecified atom stereocenters. The van der Waals surface area contributed by atoms with Crippen molar-refractivity contribution in [2.45, 2.75) is 37.8 Å². The molecule has 0 bridgehead atoms. The quantitative estimate of drug-likeness (QED) is 0.697. The van der Waals surface area contributed by atoms with Crippen LogP contribution in [0, 0.1) is 11.8 Å². The summed E-state index contributed by atoms with van der Waals surface area (Å²) in [6.45, 7) is 16.4. The second-order valence-electron chi connectivity index (χ2n) is 5.92. The summed E-state index contributed by atoms with van der Waals surface area (Å²) < 4.78 is 0. The first-order valence-corrected chi connectivity index (χ1v) is 6.62. The molecule has 0 heterocycles. The van der Waals surface area contributed by atoms with Crippen LogP contribution in [-0.2, 0) is 0 Å². The van der Waals surface area contributed by atoms with Gasteiger partial charge < -0.3 is 11.5 Å². The van der Waals surface area contributed by atoms with E-state index in [2.05, 4.69) is 26.3 Å². The van der Waals surface area contributed by atoms with Gasteiger partial charge in [0.15, 0.2) is 0 Å². The lowest BCUT2D eigenvalue weighted by Crippen LogP contribution is -2.37. The molecule has 2 rings (SSSR count). The van der Waals surface area contributed by atoms with Crippen LogP contribution in [-0.4, -0.2) is 12.1 Å². The molecule has 0 aromatic rings. The minimum atomic E-state index is -0.0153. The third kappa shape index (κ3) is 2.36. The van der Waals surface area contributed by atoms with Gasteiger partial charge in [-0.25, -0.2) is 0 Å². The number of hydrogen-bond donors (Lipinski definition) is 2. The van der Waals surface area contributed by atoms with Gasteiger partial charge in [0, 0.05) is 12.1 Å². The summed E-state index contributed by atoms with van der Waals surface area (Å²) in [4.78, 5) is 0. The Hall–Kier alpha value is -1.12. The molecule has 2 nitrogen and oxygen atoms in total. The van der Waals surface area contributed by atoms with Crippen LogP contribution in [0.5, 0.6) is 0 Å². The maximum absolute atomic E-state index is 6.04. The highest BCUT2D eigenvalue weighted by molar-refractivity contribution is 5.30. The molecule has 0 aliphatic heterocycles. The molecule has 4 N–H and O–H groups in total. The van der Waals surface area contributed by atoms with E-state index in [1.54, 1.807) is 0 Å². The summed E-state index contributed by atoms with van der Waals surface area (Å²) in [5.74, 6) is 1.15. The van der Waals surface area contributed by atoms with Crippen LogP contribution in [0.25, 0.3) is 0 Å². The second kappa shape index (κ2) is 4.87. The van der Waals surface area contributed by atoms with E-state index in [9.17, 15) is 0 Å². The van der Waals surface area contributed by atoms with Gasteiger partial charge in [-0.2, -0.15) is 0 Å². The van der Waals surface area contributed by atoms with E-state index >= 15 is 0 Å². The van der Waals surface area contributed by atoms with E-state index in [0.717, 1.165) is 48.0 Å². The average Bonchev–Trinajstić information content (AvgIpc) is 2.31. The summed E-state index contributed by atoms with van der Waals surface area (Å²) in [6, 6.07) is -0.0306. The summed E-state index contributed by atoms with van der Waals surface area (Å²) in [5, 5.41) is 0. The summed E-state index contributed by atoms with van der Waals surface area (Å²) in [5.41, 5.74) is 16.5. The summed E-state index contributed by atoms with van der Waals surface area (Å²) in [6.07, 6.45) is 4.00. The number of rotatable bonds is 1. The van der Waals surface area contributed by atoms with Gasteiger partial charge in [0.05, 0.1) is 0 Å². The van der Waals surface area contributed by atoms with Gasteiger partial charge in [-0.15, -0.1) is 0 Å².